The number of carbonyl (C=O) groups is 4. The first-order chi connectivity index (χ1) is 31.5. The zero-order valence-electron chi connectivity index (χ0n) is 37.8. The van der Waals surface area contributed by atoms with Gasteiger partial charge in [0.05, 0.1) is 34.3 Å². The fourth-order valence-corrected chi connectivity index (χ4v) is 10.4. The largest absolute Gasteiger partial charge is 0.484 e. The van der Waals surface area contributed by atoms with Gasteiger partial charge < -0.3 is 30.5 Å². The number of nitrogens with zero attached hydrogens (tertiary/aromatic N) is 6. The van der Waals surface area contributed by atoms with E-state index in [9.17, 15) is 29.4 Å². The zero-order chi connectivity index (χ0) is 47.0. The molecular weight excluding hydrogens is 877 g/mol. The molecule has 0 radical (unpaired) electrons. The van der Waals surface area contributed by atoms with Crippen LogP contribution in [0.4, 0.5) is 0 Å². The van der Waals surface area contributed by atoms with Gasteiger partial charge in [0, 0.05) is 35.5 Å². The van der Waals surface area contributed by atoms with E-state index in [1.165, 1.54) is 4.90 Å². The Morgan fingerprint density at radius 1 is 0.894 bits per heavy atom. The number of hydrogen-bond acceptors (Lipinski definition) is 12. The van der Waals surface area contributed by atoms with Crippen LogP contribution in [0.15, 0.2) is 83.3 Å². The highest BCUT2D eigenvalue weighted by Gasteiger charge is 2.44. The molecule has 6 aromatic rings. The van der Waals surface area contributed by atoms with Crippen LogP contribution in [-0.4, -0.2) is 95.6 Å². The second kappa shape index (κ2) is 18.7. The number of aliphatic imine (C=N–C) groups is 1. The van der Waals surface area contributed by atoms with Gasteiger partial charge in [-0.3, -0.25) is 28.7 Å². The molecule has 2 aliphatic rings. The summed E-state index contributed by atoms with van der Waals surface area (Å²) >= 11 is 3.18. The summed E-state index contributed by atoms with van der Waals surface area (Å²) in [5, 5.41) is 35.7. The molecule has 4 atom stereocenters. The zero-order valence-corrected chi connectivity index (χ0v) is 39.4. The van der Waals surface area contributed by atoms with Crippen LogP contribution < -0.4 is 15.4 Å². The molecule has 0 bridgehead atoms. The Morgan fingerprint density at radius 2 is 1.55 bits per heavy atom. The average molecular weight is 929 g/mol. The van der Waals surface area contributed by atoms with Crippen LogP contribution in [0.2, 0.25) is 0 Å². The fraction of sp³-hybridized carbons (Fsp3) is 0.347. The van der Waals surface area contributed by atoms with Crippen molar-refractivity contribution in [2.75, 3.05) is 13.2 Å². The van der Waals surface area contributed by atoms with E-state index in [2.05, 4.69) is 32.7 Å². The molecular formula is C49H52N8O7S2. The number of fused-ring (bicyclic) bond motifs is 3. The summed E-state index contributed by atoms with van der Waals surface area (Å²) in [6.45, 7) is 13.3. The number of likely N-dealkylation sites (tertiary alicyclic amines) is 1. The summed E-state index contributed by atoms with van der Waals surface area (Å²) in [5.41, 5.74) is 9.33. The third-order valence-electron chi connectivity index (χ3n) is 12.0. The molecule has 3 aromatic heterocycles. The number of carboxylic acid groups (broad SMARTS) is 1. The lowest BCUT2D eigenvalue weighted by Crippen LogP contribution is -2.58. The molecule has 3 amide bonds. The summed E-state index contributed by atoms with van der Waals surface area (Å²) in [4.78, 5) is 65.9. The lowest BCUT2D eigenvalue weighted by molar-refractivity contribution is -0.144. The maximum Gasteiger partial charge on any atom is 0.306 e. The maximum absolute atomic E-state index is 14.1. The van der Waals surface area contributed by atoms with Crippen LogP contribution in [0, 0.1) is 33.1 Å². The number of aliphatic carboxylic acids is 1. The minimum absolute atomic E-state index is 0.0327. The third kappa shape index (κ3) is 9.55. The van der Waals surface area contributed by atoms with E-state index in [1.807, 2.05) is 112 Å². The predicted molar refractivity (Wildman–Crippen MR) is 253 cm³/mol. The number of aliphatic hydroxyl groups is 1. The molecule has 0 saturated carbocycles. The first kappa shape index (κ1) is 46.0. The van der Waals surface area contributed by atoms with Gasteiger partial charge in [-0.1, -0.05) is 81.4 Å². The van der Waals surface area contributed by atoms with E-state index in [0.29, 0.717) is 23.1 Å². The highest BCUT2D eigenvalue weighted by molar-refractivity contribution is 7.15. The Bertz CT molecular complexity index is 2820. The van der Waals surface area contributed by atoms with Crippen LogP contribution in [0.5, 0.6) is 5.75 Å². The first-order valence-electron chi connectivity index (χ1n) is 21.7. The molecule has 0 unspecified atom stereocenters. The molecule has 15 nitrogen and oxygen atoms in total. The second-order valence-electron chi connectivity index (χ2n) is 17.8. The van der Waals surface area contributed by atoms with Gasteiger partial charge in [0.1, 0.15) is 34.7 Å². The minimum Gasteiger partial charge on any atom is -0.484 e. The van der Waals surface area contributed by atoms with Crippen LogP contribution in [-0.2, 0) is 25.7 Å². The van der Waals surface area contributed by atoms with E-state index in [4.69, 9.17) is 9.73 Å². The predicted octanol–water partition coefficient (Wildman–Crippen LogP) is 6.91. The summed E-state index contributed by atoms with van der Waals surface area (Å²) in [5.74, 6) is -0.712. The molecule has 342 valence electrons. The highest BCUT2D eigenvalue weighted by Crippen LogP contribution is 2.40. The van der Waals surface area contributed by atoms with Crippen molar-refractivity contribution in [2.45, 2.75) is 92.1 Å². The van der Waals surface area contributed by atoms with Gasteiger partial charge >= 0.3 is 5.97 Å². The van der Waals surface area contributed by atoms with Gasteiger partial charge in [-0.25, -0.2) is 4.98 Å². The first-order valence-corrected chi connectivity index (χ1v) is 23.4. The number of amides is 3. The smallest absolute Gasteiger partial charge is 0.306 e. The van der Waals surface area contributed by atoms with Gasteiger partial charge in [0.15, 0.2) is 12.4 Å². The molecule has 3 aromatic carbocycles. The number of thiazole rings is 1. The lowest BCUT2D eigenvalue weighted by atomic mass is 9.85. The van der Waals surface area contributed by atoms with Gasteiger partial charge in [-0.05, 0) is 73.1 Å². The van der Waals surface area contributed by atoms with Crippen molar-refractivity contribution in [1.29, 1.82) is 0 Å². The Hall–Kier alpha value is -6.56. The molecule has 1 fully saturated rings. The number of hydrogen-bond donors (Lipinski definition) is 4. The van der Waals surface area contributed by atoms with Crippen LogP contribution in [0.1, 0.15) is 84.1 Å². The summed E-state index contributed by atoms with van der Waals surface area (Å²) < 4.78 is 7.80. The number of carbonyl (C=O) groups excluding carboxylic acids is 3. The third-order valence-corrected chi connectivity index (χ3v) is 14.2. The van der Waals surface area contributed by atoms with Crippen molar-refractivity contribution in [3.05, 3.63) is 123 Å². The summed E-state index contributed by atoms with van der Waals surface area (Å²) in [6, 6.07) is 20.5. The number of ether oxygens (including phenoxy) is 1. The van der Waals surface area contributed by atoms with Gasteiger partial charge in [-0.2, -0.15) is 0 Å². The number of aryl methyl sites for hydroxylation is 3. The van der Waals surface area contributed by atoms with E-state index in [1.54, 1.807) is 34.8 Å². The normalized spacial score (nSPS) is 17.3. The molecule has 0 aliphatic carbocycles. The number of thiophene rings is 1. The number of rotatable bonds is 13. The molecule has 8 rings (SSSR count). The van der Waals surface area contributed by atoms with Crippen LogP contribution in [0.25, 0.3) is 26.6 Å². The van der Waals surface area contributed by atoms with Gasteiger partial charge in [0.2, 0.25) is 11.8 Å². The minimum atomic E-state index is -1.00. The van der Waals surface area contributed by atoms with Crippen molar-refractivity contribution in [1.82, 2.24) is 35.3 Å². The van der Waals surface area contributed by atoms with Crippen molar-refractivity contribution in [2.24, 2.45) is 10.4 Å². The summed E-state index contributed by atoms with van der Waals surface area (Å²) in [7, 11) is 0. The number of benzene rings is 3. The van der Waals surface area contributed by atoms with Gasteiger partial charge in [-0.15, -0.1) is 32.9 Å². The molecule has 5 heterocycles. The molecule has 17 heteroatoms. The van der Waals surface area contributed by atoms with E-state index in [0.717, 1.165) is 59.4 Å². The maximum atomic E-state index is 14.1. The number of nitrogens with one attached hydrogen (secondary N) is 2. The Labute approximate surface area is 390 Å². The highest BCUT2D eigenvalue weighted by atomic mass is 32.1. The monoisotopic (exact) mass is 928 g/mol. The molecule has 2 aliphatic heterocycles. The van der Waals surface area contributed by atoms with Gasteiger partial charge in [0.25, 0.3) is 5.91 Å². The average Bonchev–Trinajstić information content (AvgIpc) is 4.06. The Morgan fingerprint density at radius 3 is 2.18 bits per heavy atom. The molecule has 1 saturated heterocycles. The molecule has 0 spiro atoms. The fourth-order valence-electron chi connectivity index (χ4n) is 8.39. The van der Waals surface area contributed by atoms with Crippen molar-refractivity contribution >= 4 is 52.1 Å². The second-order valence-corrected chi connectivity index (χ2v) is 19.9. The van der Waals surface area contributed by atoms with Crippen molar-refractivity contribution in [3.63, 3.8) is 0 Å². The van der Waals surface area contributed by atoms with Crippen LogP contribution >= 0.6 is 22.7 Å². The standard InChI is InChI=1S/C49H52N8O7S2/c1-26-28(3)66-48-41(26)42(52-37(21-40(60)61)45-55-54-29(4)57(45)48)33-14-12-31(13-15-33)32-16-18-36(19-17-32)64-24-39(59)53-44(49(5,6)7)47(63)56-23-35(58)20-38(56)46(62)50-22-30-8-10-34(11-9-30)43-27(2)51-25-65-43/h8-19,25,35,37-38,44,58H,20-24H2,1-7H3,(H,50,62)(H,53,59)(H,60,61)/t35-,37+,38+,44-/m1/s1. The molecule has 4 N–H and O–H groups in total. The number of carboxylic acids is 1. The van der Waals surface area contributed by atoms with E-state index in [-0.39, 0.29) is 38.4 Å². The van der Waals surface area contributed by atoms with Crippen molar-refractivity contribution in [3.8, 4) is 32.3 Å². The SMILES string of the molecule is Cc1ncsc1-c1ccc(CNC(=O)[C@@H]2C[C@@H](O)CN2C(=O)[C@@H](NC(=O)COc2ccc(-c3ccc(C4=N[C@@H](CC(=O)O)c5nnc(C)n5-c5sc(C)c(C)c54)cc3)cc2)C(C)(C)C)cc1. The Balaban J connectivity index is 0.895. The summed E-state index contributed by atoms with van der Waals surface area (Å²) in [6.07, 6.45) is -1.03. The number of β-amino-alcohol motifs (C(OH)–C–C–N with tert-alkyl or cyclic N) is 1. The van der Waals surface area contributed by atoms with Crippen LogP contribution in [0.3, 0.4) is 0 Å². The topological polar surface area (TPSA) is 201 Å². The van der Waals surface area contributed by atoms with Crippen molar-refractivity contribution < 1.29 is 34.1 Å². The van der Waals surface area contributed by atoms with E-state index < -0.39 is 47.4 Å². The molecule has 66 heavy (non-hydrogen) atoms. The number of aliphatic hydroxyl groups excluding tert-OH is 1. The van der Waals surface area contributed by atoms with E-state index >= 15 is 0 Å². The Kier molecular flexibility index (Phi) is 13.1. The quantitative estimate of drug-likeness (QED) is 0.0944. The number of aromatic nitrogens is 4. The lowest BCUT2D eigenvalue weighted by Gasteiger charge is -2.35.